The zero-order chi connectivity index (χ0) is 53.6. The SMILES string of the molecule is CC(C)c1ccc(CC2(N3CCC(O)CC3)C=NC(N)N=C2)cc1.CC(C)c1ccc(Cc2cnc(N)nc2N2CCN(C(C)O)CC2)cc1.CCN1CCN(c2nc(N)ncc2Cc2ccc(C(C)C)cc2)CC1. The summed E-state index contributed by atoms with van der Waals surface area (Å²) in [7, 11) is 0. The van der Waals surface area contributed by atoms with Crippen molar-refractivity contribution in [1.82, 2.24) is 34.6 Å². The Morgan fingerprint density at radius 1 is 0.573 bits per heavy atom. The number of aliphatic imine (C=N–C) groups is 2. The molecule has 75 heavy (non-hydrogen) atoms. The van der Waals surface area contributed by atoms with Crippen molar-refractivity contribution in [2.75, 3.05) is 93.3 Å². The molecule has 0 aliphatic carbocycles. The number of likely N-dealkylation sites (N-methyl/N-ethyl adjacent to an activating group) is 1. The van der Waals surface area contributed by atoms with Gasteiger partial charge in [-0.1, -0.05) is 121 Å². The van der Waals surface area contributed by atoms with Gasteiger partial charge in [0.05, 0.1) is 11.6 Å². The van der Waals surface area contributed by atoms with Gasteiger partial charge in [0, 0.05) is 121 Å². The molecule has 16 nitrogen and oxygen atoms in total. The van der Waals surface area contributed by atoms with Crippen LogP contribution in [0, 0.1) is 0 Å². The number of nitrogen functional groups attached to an aromatic ring is 2. The first-order valence-electron chi connectivity index (χ1n) is 27.4. The summed E-state index contributed by atoms with van der Waals surface area (Å²) in [6.07, 6.45) is 10.6. The first kappa shape index (κ1) is 56.8. The van der Waals surface area contributed by atoms with Crippen molar-refractivity contribution < 1.29 is 10.2 Å². The van der Waals surface area contributed by atoms with Crippen molar-refractivity contribution in [2.24, 2.45) is 15.7 Å². The summed E-state index contributed by atoms with van der Waals surface area (Å²) >= 11 is 0. The molecule has 4 aliphatic heterocycles. The second-order valence-electron chi connectivity index (χ2n) is 21.6. The summed E-state index contributed by atoms with van der Waals surface area (Å²) in [4.78, 5) is 37.8. The van der Waals surface area contributed by atoms with Gasteiger partial charge < -0.3 is 36.4 Å². The van der Waals surface area contributed by atoms with Crippen molar-refractivity contribution in [3.63, 3.8) is 0 Å². The normalized spacial score (nSPS) is 20.3. The van der Waals surface area contributed by atoms with E-state index in [1.807, 2.05) is 31.7 Å². The van der Waals surface area contributed by atoms with Crippen LogP contribution in [0.1, 0.15) is 130 Å². The van der Waals surface area contributed by atoms with Gasteiger partial charge in [-0.2, -0.15) is 9.97 Å². The Labute approximate surface area is 447 Å². The molecule has 16 heteroatoms. The van der Waals surface area contributed by atoms with E-state index in [-0.39, 0.29) is 11.6 Å². The van der Waals surface area contributed by atoms with Crippen LogP contribution in [0.4, 0.5) is 23.5 Å². The molecule has 3 saturated heterocycles. The van der Waals surface area contributed by atoms with Crippen LogP contribution >= 0.6 is 0 Å². The molecule has 8 N–H and O–H groups in total. The quantitative estimate of drug-likeness (QED) is 0.0752. The predicted molar refractivity (Wildman–Crippen MR) is 308 cm³/mol. The van der Waals surface area contributed by atoms with Crippen LogP contribution in [0.2, 0.25) is 0 Å². The molecule has 0 spiro atoms. The number of piperazine rings is 2. The number of hydrogen-bond donors (Lipinski definition) is 5. The third kappa shape index (κ3) is 15.8. The molecule has 0 radical (unpaired) electrons. The molecule has 6 heterocycles. The minimum Gasteiger partial charge on any atom is -0.393 e. The van der Waals surface area contributed by atoms with Crippen LogP contribution in [-0.4, -0.2) is 153 Å². The zero-order valence-electron chi connectivity index (χ0n) is 46.1. The van der Waals surface area contributed by atoms with Crippen LogP contribution in [-0.2, 0) is 19.3 Å². The van der Waals surface area contributed by atoms with Crippen LogP contribution in [0.25, 0.3) is 0 Å². The zero-order valence-corrected chi connectivity index (χ0v) is 46.1. The number of likely N-dealkylation sites (tertiary alicyclic amines) is 1. The van der Waals surface area contributed by atoms with Gasteiger partial charge >= 0.3 is 0 Å². The third-order valence-electron chi connectivity index (χ3n) is 15.2. The standard InChI is InChI=1S/C20H29N5O.C20H29N5.C19H28N4O/c1-14(2)17-6-4-16(5-7-17)12-18-13-22-20(21)23-19(18)25-10-8-24(9-11-25)15(3)26;1-4-24-9-11-25(12-10-24)19-18(14-22-20(21)23-19)13-16-5-7-17(8-6-16)15(2)3;1-14(2)16-5-3-15(4-6-16)11-19(12-21-18(20)22-13-19)23-9-7-17(24)8-10-23/h4-7,13-15,26H,8-12H2,1-3H3,(H2,21,22,23);5-8,14-15H,4,9-13H2,1-3H3,(H2,21,22,23);3-6,12-14,17-18,24H,7-11,20H2,1-2H3. The molecule has 5 aromatic rings. The number of hydrogen-bond acceptors (Lipinski definition) is 16. The van der Waals surface area contributed by atoms with E-state index < -0.39 is 12.5 Å². The lowest BCUT2D eigenvalue weighted by molar-refractivity contribution is 0.0152. The van der Waals surface area contributed by atoms with E-state index in [1.165, 1.54) is 33.4 Å². The van der Waals surface area contributed by atoms with E-state index in [9.17, 15) is 10.2 Å². The van der Waals surface area contributed by atoms with E-state index in [0.717, 1.165) is 127 Å². The highest BCUT2D eigenvalue weighted by molar-refractivity contribution is 5.96. The summed E-state index contributed by atoms with van der Waals surface area (Å²) < 4.78 is 0. The fourth-order valence-corrected chi connectivity index (χ4v) is 10.2. The molecule has 2 aromatic heterocycles. The summed E-state index contributed by atoms with van der Waals surface area (Å²) in [6.45, 7) is 27.5. The van der Waals surface area contributed by atoms with Gasteiger partial charge in [0.2, 0.25) is 11.9 Å². The molecule has 0 amide bonds. The molecule has 404 valence electrons. The molecule has 1 unspecified atom stereocenters. The number of anilines is 4. The molecular formula is C59H86N14O2. The summed E-state index contributed by atoms with van der Waals surface area (Å²) in [5, 5.41) is 19.6. The van der Waals surface area contributed by atoms with Crippen LogP contribution in [0.15, 0.2) is 95.2 Å². The Kier molecular flexibility index (Phi) is 20.3. The molecule has 3 fully saturated rings. The number of nitrogens with two attached hydrogens (primary N) is 3. The Hall–Kier alpha value is -5.88. The molecule has 4 aliphatic rings. The van der Waals surface area contributed by atoms with Crippen LogP contribution < -0.4 is 27.0 Å². The Morgan fingerprint density at radius 2 is 0.973 bits per heavy atom. The number of benzene rings is 3. The topological polar surface area (TPSA) is 211 Å². The first-order valence-corrected chi connectivity index (χ1v) is 27.4. The lowest BCUT2D eigenvalue weighted by Crippen LogP contribution is -2.58. The first-order chi connectivity index (χ1) is 36.0. The smallest absolute Gasteiger partial charge is 0.221 e. The van der Waals surface area contributed by atoms with Crippen LogP contribution in [0.3, 0.4) is 0 Å². The van der Waals surface area contributed by atoms with Gasteiger partial charge in [-0.15, -0.1) is 0 Å². The largest absolute Gasteiger partial charge is 0.393 e. The molecule has 9 rings (SSSR count). The fourth-order valence-electron chi connectivity index (χ4n) is 10.2. The van der Waals surface area contributed by atoms with Gasteiger partial charge in [-0.25, -0.2) is 9.97 Å². The van der Waals surface area contributed by atoms with Crippen molar-refractivity contribution >= 4 is 36.0 Å². The number of aliphatic hydroxyl groups excluding tert-OH is 2. The number of nitrogens with zero attached hydrogens (tertiary/aromatic N) is 11. The maximum Gasteiger partial charge on any atom is 0.221 e. The van der Waals surface area contributed by atoms with E-state index in [1.54, 1.807) is 0 Å². The number of aromatic nitrogens is 4. The average molecular weight is 1020 g/mol. The van der Waals surface area contributed by atoms with E-state index >= 15 is 0 Å². The summed E-state index contributed by atoms with van der Waals surface area (Å²) in [5.41, 5.74) is 27.3. The van der Waals surface area contributed by atoms with E-state index in [0.29, 0.717) is 29.7 Å². The minimum atomic E-state index is -0.489. The molecular weight excluding hydrogens is 937 g/mol. The van der Waals surface area contributed by atoms with Crippen molar-refractivity contribution in [3.05, 3.63) is 130 Å². The number of aliphatic hydroxyl groups is 2. The second kappa shape index (κ2) is 26.7. The maximum absolute atomic E-state index is 9.81. The number of rotatable bonds is 14. The molecule has 1 atom stereocenters. The predicted octanol–water partition coefficient (Wildman–Crippen LogP) is 7.09. The highest BCUT2D eigenvalue weighted by Gasteiger charge is 2.38. The lowest BCUT2D eigenvalue weighted by atomic mass is 9.87. The van der Waals surface area contributed by atoms with Gasteiger partial charge in [0.25, 0.3) is 0 Å². The van der Waals surface area contributed by atoms with Crippen molar-refractivity contribution in [2.45, 2.75) is 129 Å². The molecule has 0 saturated carbocycles. The third-order valence-corrected chi connectivity index (χ3v) is 15.2. The Morgan fingerprint density at radius 3 is 1.36 bits per heavy atom. The van der Waals surface area contributed by atoms with E-state index in [2.05, 4.69) is 176 Å². The van der Waals surface area contributed by atoms with E-state index in [4.69, 9.17) is 17.2 Å². The fraction of sp³-hybridized carbons (Fsp3) is 0.525. The van der Waals surface area contributed by atoms with Gasteiger partial charge in [0.15, 0.2) is 6.29 Å². The molecule has 3 aromatic carbocycles. The maximum atomic E-state index is 9.81. The Bertz CT molecular complexity index is 2570. The monoisotopic (exact) mass is 1020 g/mol. The minimum absolute atomic E-state index is 0.191. The lowest BCUT2D eigenvalue weighted by Gasteiger charge is -2.43. The van der Waals surface area contributed by atoms with Crippen LogP contribution in [0.5, 0.6) is 0 Å². The van der Waals surface area contributed by atoms with Crippen molar-refractivity contribution in [3.8, 4) is 0 Å². The van der Waals surface area contributed by atoms with Gasteiger partial charge in [0.1, 0.15) is 17.9 Å². The summed E-state index contributed by atoms with van der Waals surface area (Å²) in [6, 6.07) is 26.4. The highest BCUT2D eigenvalue weighted by Crippen LogP contribution is 2.28. The summed E-state index contributed by atoms with van der Waals surface area (Å²) in [5.74, 6) is 4.19. The molecule has 0 bridgehead atoms. The highest BCUT2D eigenvalue weighted by atomic mass is 16.3. The average Bonchev–Trinajstić information content (AvgIpc) is 3.41. The van der Waals surface area contributed by atoms with Gasteiger partial charge in [-0.05, 0) is 77.4 Å². The van der Waals surface area contributed by atoms with Gasteiger partial charge in [-0.3, -0.25) is 25.5 Å². The Balaban J connectivity index is 0.000000164. The van der Waals surface area contributed by atoms with Crippen molar-refractivity contribution in [1.29, 1.82) is 0 Å². The number of piperidine rings is 1. The second-order valence-corrected chi connectivity index (χ2v) is 21.6.